The molecule has 3 atom stereocenters. The van der Waals surface area contributed by atoms with Crippen molar-refractivity contribution in [2.75, 3.05) is 20.2 Å². The predicted molar refractivity (Wildman–Crippen MR) is 131 cm³/mol. The number of halogens is 1. The second-order valence-electron chi connectivity index (χ2n) is 10.1. The van der Waals surface area contributed by atoms with Crippen LogP contribution in [0.1, 0.15) is 36.0 Å². The van der Waals surface area contributed by atoms with E-state index in [-0.39, 0.29) is 11.5 Å². The van der Waals surface area contributed by atoms with E-state index in [1.165, 1.54) is 36.1 Å². The minimum absolute atomic E-state index is 0.115. The van der Waals surface area contributed by atoms with E-state index in [1.54, 1.807) is 7.11 Å². The predicted octanol–water partition coefficient (Wildman–Crippen LogP) is 5.54. The fourth-order valence-electron chi connectivity index (χ4n) is 6.57. The molecule has 7 rings (SSSR count). The molecule has 2 heterocycles. The number of methoxy groups -OCH3 is 1. The van der Waals surface area contributed by atoms with Crippen molar-refractivity contribution in [3.63, 3.8) is 0 Å². The summed E-state index contributed by atoms with van der Waals surface area (Å²) in [6.07, 6.45) is 9.22. The third kappa shape index (κ3) is 2.91. The average molecular weight is 506 g/mol. The third-order valence-corrected chi connectivity index (χ3v) is 8.99. The Hall–Kier alpha value is -2.24. The summed E-state index contributed by atoms with van der Waals surface area (Å²) < 4.78 is 20.2. The maximum absolute atomic E-state index is 6.79. The van der Waals surface area contributed by atoms with Gasteiger partial charge in [-0.3, -0.25) is 4.90 Å². The topological polar surface area (TPSA) is 30.9 Å². The Bertz CT molecular complexity index is 1190. The monoisotopic (exact) mass is 505 g/mol. The summed E-state index contributed by atoms with van der Waals surface area (Å²) in [5.74, 6) is 3.54. The lowest BCUT2D eigenvalue weighted by Crippen LogP contribution is -2.59. The van der Waals surface area contributed by atoms with Crippen LogP contribution < -0.4 is 9.47 Å². The van der Waals surface area contributed by atoms with Crippen LogP contribution in [0.5, 0.6) is 11.5 Å². The molecule has 2 fully saturated rings. The molecule has 1 unspecified atom stereocenters. The van der Waals surface area contributed by atoms with Crippen LogP contribution >= 0.6 is 15.9 Å². The van der Waals surface area contributed by atoms with Crippen LogP contribution in [-0.2, 0) is 23.2 Å². The highest BCUT2D eigenvalue weighted by atomic mass is 79.9. The maximum atomic E-state index is 6.79. The van der Waals surface area contributed by atoms with Gasteiger partial charge in [0, 0.05) is 29.2 Å². The average Bonchev–Trinajstić information content (AvgIpc) is 3.59. The zero-order valence-electron chi connectivity index (χ0n) is 18.9. The summed E-state index contributed by atoms with van der Waals surface area (Å²) in [4.78, 5) is 2.74. The first-order valence-electron chi connectivity index (χ1n) is 12.1. The van der Waals surface area contributed by atoms with Gasteiger partial charge in [0.2, 0.25) is 0 Å². The molecule has 1 saturated carbocycles. The van der Waals surface area contributed by atoms with E-state index in [2.05, 4.69) is 51.2 Å². The van der Waals surface area contributed by atoms with E-state index in [1.807, 2.05) is 18.2 Å². The van der Waals surface area contributed by atoms with Gasteiger partial charge in [0.1, 0.15) is 12.4 Å². The first-order chi connectivity index (χ1) is 16.2. The van der Waals surface area contributed by atoms with Crippen molar-refractivity contribution in [2.24, 2.45) is 5.92 Å². The van der Waals surface area contributed by atoms with Crippen molar-refractivity contribution in [2.45, 2.75) is 49.9 Å². The van der Waals surface area contributed by atoms with Crippen molar-refractivity contribution < 1.29 is 14.2 Å². The lowest BCUT2D eigenvalue weighted by atomic mass is 9.57. The van der Waals surface area contributed by atoms with Crippen LogP contribution in [0.4, 0.5) is 0 Å². The van der Waals surface area contributed by atoms with Crippen molar-refractivity contribution in [1.29, 1.82) is 0 Å². The van der Waals surface area contributed by atoms with E-state index in [9.17, 15) is 0 Å². The van der Waals surface area contributed by atoms with Crippen LogP contribution in [0, 0.1) is 5.92 Å². The Labute approximate surface area is 203 Å². The highest BCUT2D eigenvalue weighted by Gasteiger charge is 2.63. The molecule has 0 amide bonds. The number of nitrogens with zero attached hydrogens (tertiary/aromatic N) is 1. The normalized spacial score (nSPS) is 29.0. The van der Waals surface area contributed by atoms with E-state index in [0.29, 0.717) is 12.6 Å². The molecule has 0 N–H and O–H groups in total. The molecule has 33 heavy (non-hydrogen) atoms. The van der Waals surface area contributed by atoms with Crippen LogP contribution in [0.2, 0.25) is 0 Å². The number of ether oxygens (including phenoxy) is 3. The highest BCUT2D eigenvalue weighted by molar-refractivity contribution is 9.10. The van der Waals surface area contributed by atoms with Gasteiger partial charge in [-0.25, -0.2) is 0 Å². The Balaban J connectivity index is 1.35. The van der Waals surface area contributed by atoms with Crippen molar-refractivity contribution >= 4 is 15.9 Å². The molecule has 2 bridgehead atoms. The van der Waals surface area contributed by atoms with Crippen LogP contribution in [-0.4, -0.2) is 37.2 Å². The van der Waals surface area contributed by atoms with Crippen LogP contribution in [0.15, 0.2) is 64.4 Å². The number of hydrogen-bond donors (Lipinski definition) is 0. The number of rotatable bonds is 6. The minimum atomic E-state index is -0.150. The number of benzene rings is 2. The molecule has 2 aromatic rings. The molecule has 0 aromatic heterocycles. The summed E-state index contributed by atoms with van der Waals surface area (Å²) in [6.45, 7) is 2.86. The third-order valence-electron chi connectivity index (χ3n) is 8.28. The standard InChI is InChI=1S/C28H28BrNO3/c1-31-23-10-9-20-22-13-19-21(29)14-24(32-16-18-5-3-2-4-6-18)26-25(19)28(20,27(23)33-26)11-12-30(22)15-17-7-8-17/h2-6,9-10,14,17,22,27H,7-8,11-13,15-16H2,1H3/t22-,27?,28+/m0/s1. The molecule has 4 nitrogen and oxygen atoms in total. The zero-order valence-corrected chi connectivity index (χ0v) is 20.4. The van der Waals surface area contributed by atoms with Gasteiger partial charge < -0.3 is 14.2 Å². The molecule has 5 aliphatic rings. The Morgan fingerprint density at radius 3 is 2.82 bits per heavy atom. The summed E-state index contributed by atoms with van der Waals surface area (Å²) in [5, 5.41) is 0. The van der Waals surface area contributed by atoms with Gasteiger partial charge >= 0.3 is 0 Å². The van der Waals surface area contributed by atoms with Gasteiger partial charge in [-0.1, -0.05) is 52.3 Å². The molecular weight excluding hydrogens is 478 g/mol. The molecule has 5 heteroatoms. The SMILES string of the molecule is COC1=CC=C2[C@@H]3Cc4c(Br)cc(OCc5ccccc5)c5c4[C@]2(CCN3CC2CC2)C1O5. The van der Waals surface area contributed by atoms with E-state index in [0.717, 1.165) is 52.6 Å². The highest BCUT2D eigenvalue weighted by Crippen LogP contribution is 2.64. The maximum Gasteiger partial charge on any atom is 0.169 e. The molecule has 2 aliphatic heterocycles. The molecule has 2 aromatic carbocycles. The lowest BCUT2D eigenvalue weighted by Gasteiger charge is -2.53. The second kappa shape index (κ2) is 7.38. The minimum Gasteiger partial charge on any atom is -0.497 e. The van der Waals surface area contributed by atoms with E-state index in [4.69, 9.17) is 14.2 Å². The van der Waals surface area contributed by atoms with Crippen molar-refractivity contribution in [3.8, 4) is 11.5 Å². The molecule has 3 aliphatic carbocycles. The Morgan fingerprint density at radius 2 is 2.03 bits per heavy atom. The van der Waals surface area contributed by atoms with Gasteiger partial charge in [0.15, 0.2) is 17.6 Å². The molecule has 1 spiro atoms. The van der Waals surface area contributed by atoms with Crippen LogP contribution in [0.3, 0.4) is 0 Å². The Kier molecular flexibility index (Phi) is 4.51. The molecule has 170 valence electrons. The second-order valence-corrected chi connectivity index (χ2v) is 10.9. The summed E-state index contributed by atoms with van der Waals surface area (Å²) in [7, 11) is 1.76. The Morgan fingerprint density at radius 1 is 1.18 bits per heavy atom. The largest absolute Gasteiger partial charge is 0.497 e. The fraction of sp³-hybridized carbons (Fsp3) is 0.429. The first-order valence-corrected chi connectivity index (χ1v) is 12.9. The zero-order chi connectivity index (χ0) is 22.2. The fourth-order valence-corrected chi connectivity index (χ4v) is 7.14. The molecular formula is C28H28BrNO3. The van der Waals surface area contributed by atoms with Crippen molar-refractivity contribution in [1.82, 2.24) is 4.90 Å². The number of piperidine rings is 1. The van der Waals surface area contributed by atoms with E-state index >= 15 is 0 Å². The van der Waals surface area contributed by atoms with Gasteiger partial charge in [0.05, 0.1) is 12.5 Å². The lowest BCUT2D eigenvalue weighted by molar-refractivity contribution is 0.0621. The van der Waals surface area contributed by atoms with Gasteiger partial charge in [-0.15, -0.1) is 0 Å². The van der Waals surface area contributed by atoms with Gasteiger partial charge in [0.25, 0.3) is 0 Å². The van der Waals surface area contributed by atoms with Gasteiger partial charge in [-0.2, -0.15) is 0 Å². The number of allylic oxidation sites excluding steroid dienone is 2. The molecule has 0 radical (unpaired) electrons. The molecule has 1 saturated heterocycles. The van der Waals surface area contributed by atoms with Crippen LogP contribution in [0.25, 0.3) is 0 Å². The quantitative estimate of drug-likeness (QED) is 0.515. The smallest absolute Gasteiger partial charge is 0.169 e. The number of hydrogen-bond acceptors (Lipinski definition) is 4. The summed E-state index contributed by atoms with van der Waals surface area (Å²) in [5.41, 5.74) is 5.24. The van der Waals surface area contributed by atoms with Gasteiger partial charge in [-0.05, 0) is 60.4 Å². The van der Waals surface area contributed by atoms with E-state index < -0.39 is 0 Å². The number of likely N-dealkylation sites (tertiary alicyclic amines) is 1. The van der Waals surface area contributed by atoms with Crippen molar-refractivity contribution in [3.05, 3.63) is 81.0 Å². The summed E-state index contributed by atoms with van der Waals surface area (Å²) in [6, 6.07) is 12.9. The first kappa shape index (κ1) is 20.2. The summed E-state index contributed by atoms with van der Waals surface area (Å²) >= 11 is 3.93.